The molecule has 2 atom stereocenters. The highest BCUT2D eigenvalue weighted by Crippen LogP contribution is 2.31. The molecular weight excluding hydrogens is 304 g/mol. The van der Waals surface area contributed by atoms with Gasteiger partial charge in [-0.3, -0.25) is 4.90 Å². The Balaban J connectivity index is 2.69. The Morgan fingerprint density at radius 1 is 1.29 bits per heavy atom. The van der Waals surface area contributed by atoms with Crippen LogP contribution in [-0.4, -0.2) is 55.1 Å². The highest BCUT2D eigenvalue weighted by Gasteiger charge is 2.41. The Hall–Kier alpha value is 0.220. The van der Waals surface area contributed by atoms with Gasteiger partial charge in [0, 0.05) is 36.4 Å². The number of rotatable bonds is 9. The molecule has 4 nitrogen and oxygen atoms in total. The van der Waals surface area contributed by atoms with Gasteiger partial charge in [0.25, 0.3) is 0 Å². The number of nitrogens with zero attached hydrogens (tertiary/aromatic N) is 1. The third-order valence-electron chi connectivity index (χ3n) is 4.53. The standard InChI is InChI=1S/C15H32N2O2S2/c1-4-5-6-7-8-9-15(2,13-16)17-10-11-20-12-14(17)21(3,18)19/h14H,4-13,16H2,1-3H3. The van der Waals surface area contributed by atoms with Crippen LogP contribution < -0.4 is 5.73 Å². The van der Waals surface area contributed by atoms with E-state index in [1.807, 2.05) is 0 Å². The molecule has 1 aliphatic heterocycles. The van der Waals surface area contributed by atoms with Gasteiger partial charge in [-0.15, -0.1) is 0 Å². The average molecular weight is 337 g/mol. The minimum Gasteiger partial charge on any atom is -0.329 e. The molecule has 1 aliphatic rings. The first-order valence-electron chi connectivity index (χ1n) is 8.08. The zero-order chi connectivity index (χ0) is 15.9. The van der Waals surface area contributed by atoms with Crippen LogP contribution in [0.2, 0.25) is 0 Å². The maximum absolute atomic E-state index is 12.1. The Bertz CT molecular complexity index is 400. The van der Waals surface area contributed by atoms with E-state index in [0.717, 1.165) is 25.1 Å². The van der Waals surface area contributed by atoms with Gasteiger partial charge in [0.05, 0.1) is 0 Å². The summed E-state index contributed by atoms with van der Waals surface area (Å²) in [5.74, 6) is 1.67. The van der Waals surface area contributed by atoms with Gasteiger partial charge < -0.3 is 5.73 Å². The molecule has 0 saturated carbocycles. The smallest absolute Gasteiger partial charge is 0.164 e. The van der Waals surface area contributed by atoms with E-state index in [0.29, 0.717) is 12.3 Å². The molecule has 0 aliphatic carbocycles. The summed E-state index contributed by atoms with van der Waals surface area (Å²) in [6.45, 7) is 5.70. The van der Waals surface area contributed by atoms with Gasteiger partial charge in [0.1, 0.15) is 5.37 Å². The van der Waals surface area contributed by atoms with E-state index in [1.165, 1.54) is 31.9 Å². The molecule has 1 saturated heterocycles. The van der Waals surface area contributed by atoms with Crippen molar-refractivity contribution in [1.29, 1.82) is 0 Å². The van der Waals surface area contributed by atoms with Crippen molar-refractivity contribution < 1.29 is 8.42 Å². The third kappa shape index (κ3) is 5.73. The molecule has 1 rings (SSSR count). The van der Waals surface area contributed by atoms with Gasteiger partial charge in [0.15, 0.2) is 9.84 Å². The van der Waals surface area contributed by atoms with E-state index in [1.54, 1.807) is 11.8 Å². The summed E-state index contributed by atoms with van der Waals surface area (Å²) in [6.07, 6.45) is 8.49. The first-order valence-corrected chi connectivity index (χ1v) is 11.2. The lowest BCUT2D eigenvalue weighted by molar-refractivity contribution is 0.0942. The lowest BCUT2D eigenvalue weighted by Crippen LogP contribution is -2.60. The minimum atomic E-state index is -3.06. The van der Waals surface area contributed by atoms with Crippen LogP contribution >= 0.6 is 11.8 Å². The van der Waals surface area contributed by atoms with Crippen LogP contribution in [0.1, 0.15) is 52.4 Å². The number of sulfone groups is 1. The van der Waals surface area contributed by atoms with Crippen molar-refractivity contribution in [3.8, 4) is 0 Å². The quantitative estimate of drug-likeness (QED) is 0.655. The van der Waals surface area contributed by atoms with Crippen LogP contribution in [0.5, 0.6) is 0 Å². The molecule has 0 bridgehead atoms. The summed E-state index contributed by atoms with van der Waals surface area (Å²) in [5, 5.41) is -0.375. The minimum absolute atomic E-state index is 0.194. The number of nitrogens with two attached hydrogens (primary N) is 1. The first-order chi connectivity index (χ1) is 9.85. The predicted octanol–water partition coefficient (Wildman–Crippen LogP) is 2.48. The molecule has 21 heavy (non-hydrogen) atoms. The molecule has 6 heteroatoms. The molecule has 0 amide bonds. The summed E-state index contributed by atoms with van der Waals surface area (Å²) < 4.78 is 24.2. The molecule has 1 heterocycles. The molecule has 0 spiro atoms. The Morgan fingerprint density at radius 3 is 2.52 bits per heavy atom. The summed E-state index contributed by atoms with van der Waals surface area (Å²) >= 11 is 1.73. The number of thioether (sulfide) groups is 1. The third-order valence-corrected chi connectivity index (χ3v) is 7.17. The van der Waals surface area contributed by atoms with Gasteiger partial charge in [-0.2, -0.15) is 11.8 Å². The fraction of sp³-hybridized carbons (Fsp3) is 1.00. The highest BCUT2D eigenvalue weighted by molar-refractivity contribution is 8.00. The second-order valence-corrected chi connectivity index (χ2v) is 9.77. The molecule has 2 unspecified atom stereocenters. The zero-order valence-corrected chi connectivity index (χ0v) is 15.4. The van der Waals surface area contributed by atoms with Gasteiger partial charge in [-0.1, -0.05) is 39.0 Å². The molecule has 2 N–H and O–H groups in total. The lowest BCUT2D eigenvalue weighted by atomic mass is 9.91. The Labute approximate surface area is 135 Å². The van der Waals surface area contributed by atoms with Crippen molar-refractivity contribution in [2.45, 2.75) is 63.3 Å². The number of hydrogen-bond donors (Lipinski definition) is 1. The number of unbranched alkanes of at least 4 members (excludes halogenated alkanes) is 4. The van der Waals surface area contributed by atoms with Crippen molar-refractivity contribution >= 4 is 21.6 Å². The Kier molecular flexibility index (Phi) is 8.03. The van der Waals surface area contributed by atoms with Crippen LogP contribution in [0, 0.1) is 0 Å². The van der Waals surface area contributed by atoms with E-state index < -0.39 is 9.84 Å². The molecule has 0 aromatic carbocycles. The van der Waals surface area contributed by atoms with Gasteiger partial charge in [0.2, 0.25) is 0 Å². The Morgan fingerprint density at radius 2 is 1.95 bits per heavy atom. The van der Waals surface area contributed by atoms with Gasteiger partial charge in [-0.25, -0.2) is 8.42 Å². The summed E-state index contributed by atoms with van der Waals surface area (Å²) in [5.41, 5.74) is 5.85. The van der Waals surface area contributed by atoms with Crippen LogP contribution in [0.4, 0.5) is 0 Å². The maximum atomic E-state index is 12.1. The first kappa shape index (κ1) is 19.3. The molecule has 0 radical (unpaired) electrons. The SMILES string of the molecule is CCCCCCCC(C)(CN)N1CCSCC1S(C)(=O)=O. The van der Waals surface area contributed by atoms with Crippen molar-refractivity contribution in [3.63, 3.8) is 0 Å². The monoisotopic (exact) mass is 336 g/mol. The normalized spacial score (nSPS) is 23.9. The van der Waals surface area contributed by atoms with Crippen molar-refractivity contribution in [2.75, 3.05) is 30.9 Å². The molecule has 1 fully saturated rings. The molecule has 0 aromatic rings. The van der Waals surface area contributed by atoms with Crippen LogP contribution in [-0.2, 0) is 9.84 Å². The van der Waals surface area contributed by atoms with E-state index in [4.69, 9.17) is 5.73 Å². The van der Waals surface area contributed by atoms with E-state index in [2.05, 4.69) is 18.7 Å². The molecular formula is C15H32N2O2S2. The molecule has 0 aromatic heterocycles. The van der Waals surface area contributed by atoms with Crippen molar-refractivity contribution in [2.24, 2.45) is 5.73 Å². The summed E-state index contributed by atoms with van der Waals surface area (Å²) in [6, 6.07) is 0. The fourth-order valence-corrected chi connectivity index (χ4v) is 6.00. The summed E-state index contributed by atoms with van der Waals surface area (Å²) in [4.78, 5) is 2.17. The van der Waals surface area contributed by atoms with Gasteiger partial charge in [-0.05, 0) is 13.3 Å². The second-order valence-electron chi connectivity index (χ2n) is 6.42. The fourth-order valence-electron chi connectivity index (χ4n) is 3.03. The molecule has 126 valence electrons. The van der Waals surface area contributed by atoms with Crippen molar-refractivity contribution in [1.82, 2.24) is 4.90 Å². The average Bonchev–Trinajstić information content (AvgIpc) is 2.46. The largest absolute Gasteiger partial charge is 0.329 e. The maximum Gasteiger partial charge on any atom is 0.164 e. The van der Waals surface area contributed by atoms with Crippen LogP contribution in [0.25, 0.3) is 0 Å². The lowest BCUT2D eigenvalue weighted by Gasteiger charge is -2.46. The highest BCUT2D eigenvalue weighted by atomic mass is 32.2. The number of hydrogen-bond acceptors (Lipinski definition) is 5. The van der Waals surface area contributed by atoms with E-state index >= 15 is 0 Å². The second kappa shape index (κ2) is 8.75. The van der Waals surface area contributed by atoms with Gasteiger partial charge >= 0.3 is 0 Å². The van der Waals surface area contributed by atoms with E-state index in [-0.39, 0.29) is 10.9 Å². The topological polar surface area (TPSA) is 63.4 Å². The predicted molar refractivity (Wildman–Crippen MR) is 93.5 cm³/mol. The summed E-state index contributed by atoms with van der Waals surface area (Å²) in [7, 11) is -3.06. The van der Waals surface area contributed by atoms with Crippen LogP contribution in [0.3, 0.4) is 0 Å². The van der Waals surface area contributed by atoms with Crippen molar-refractivity contribution in [3.05, 3.63) is 0 Å². The zero-order valence-electron chi connectivity index (χ0n) is 13.8. The van der Waals surface area contributed by atoms with Crippen LogP contribution in [0.15, 0.2) is 0 Å². The van der Waals surface area contributed by atoms with E-state index in [9.17, 15) is 8.42 Å².